The molecule has 88 valence electrons. The first-order chi connectivity index (χ1) is 8.24. The van der Waals surface area contributed by atoms with Gasteiger partial charge in [0.1, 0.15) is 10.9 Å². The molecule has 0 aromatic heterocycles. The Morgan fingerprint density at radius 2 is 2.18 bits per heavy atom. The van der Waals surface area contributed by atoms with Crippen LogP contribution >= 0.6 is 15.9 Å². The lowest BCUT2D eigenvalue weighted by atomic mass is 10.1. The summed E-state index contributed by atoms with van der Waals surface area (Å²) in [5, 5.41) is 8.98. The van der Waals surface area contributed by atoms with E-state index in [9.17, 15) is 4.79 Å². The Morgan fingerprint density at radius 1 is 1.47 bits per heavy atom. The number of carbonyl (C=O) groups excluding carboxylic acids is 1. The fourth-order valence-electron chi connectivity index (χ4n) is 2.07. The molecule has 1 aliphatic heterocycles. The Kier molecular flexibility index (Phi) is 3.80. The zero-order chi connectivity index (χ0) is 12.3. The quantitative estimate of drug-likeness (QED) is 0.787. The number of nitrogens with zero attached hydrogens (tertiary/aromatic N) is 2. The van der Waals surface area contributed by atoms with E-state index in [2.05, 4.69) is 22.0 Å². The molecule has 2 atom stereocenters. The highest BCUT2D eigenvalue weighted by Crippen LogP contribution is 2.28. The van der Waals surface area contributed by atoms with Crippen molar-refractivity contribution in [2.24, 2.45) is 0 Å². The third kappa shape index (κ3) is 2.50. The van der Waals surface area contributed by atoms with E-state index in [0.717, 1.165) is 18.4 Å². The number of halogens is 1. The van der Waals surface area contributed by atoms with Gasteiger partial charge in [-0.2, -0.15) is 5.26 Å². The third-order valence-electron chi connectivity index (χ3n) is 2.99. The molecule has 1 fully saturated rings. The van der Waals surface area contributed by atoms with E-state index >= 15 is 0 Å². The van der Waals surface area contributed by atoms with Crippen molar-refractivity contribution >= 4 is 21.8 Å². The molecule has 0 N–H and O–H groups in total. The maximum Gasteiger partial charge on any atom is 0.241 e. The number of hydrogen-bond acceptors (Lipinski definition) is 2. The van der Waals surface area contributed by atoms with Crippen molar-refractivity contribution in [1.82, 2.24) is 4.90 Å². The molecular formula is C13H13BrN2O. The Balaban J connectivity index is 2.13. The van der Waals surface area contributed by atoms with Crippen molar-refractivity contribution in [3.63, 3.8) is 0 Å². The van der Waals surface area contributed by atoms with E-state index in [1.807, 2.05) is 30.3 Å². The minimum Gasteiger partial charge on any atom is -0.325 e. The summed E-state index contributed by atoms with van der Waals surface area (Å²) < 4.78 is 0. The zero-order valence-electron chi connectivity index (χ0n) is 9.34. The van der Waals surface area contributed by atoms with E-state index in [1.165, 1.54) is 0 Å². The zero-order valence-corrected chi connectivity index (χ0v) is 10.9. The fourth-order valence-corrected chi connectivity index (χ4v) is 2.64. The highest BCUT2D eigenvalue weighted by atomic mass is 79.9. The largest absolute Gasteiger partial charge is 0.325 e. The smallest absolute Gasteiger partial charge is 0.241 e. The highest BCUT2D eigenvalue weighted by Gasteiger charge is 2.32. The second kappa shape index (κ2) is 5.33. The van der Waals surface area contributed by atoms with Crippen molar-refractivity contribution < 1.29 is 4.79 Å². The van der Waals surface area contributed by atoms with Gasteiger partial charge < -0.3 is 4.90 Å². The number of rotatable bonds is 2. The van der Waals surface area contributed by atoms with Gasteiger partial charge in [-0.15, -0.1) is 0 Å². The topological polar surface area (TPSA) is 44.1 Å². The van der Waals surface area contributed by atoms with E-state index in [4.69, 9.17) is 5.26 Å². The van der Waals surface area contributed by atoms with Crippen LogP contribution in [0.25, 0.3) is 0 Å². The first-order valence-electron chi connectivity index (χ1n) is 5.63. The van der Waals surface area contributed by atoms with Crippen molar-refractivity contribution in [1.29, 1.82) is 5.26 Å². The number of nitriles is 1. The molecule has 4 heteroatoms. The Bertz CT molecular complexity index is 440. The molecule has 2 rings (SSSR count). The van der Waals surface area contributed by atoms with Gasteiger partial charge in [0.2, 0.25) is 5.91 Å². The van der Waals surface area contributed by atoms with Crippen LogP contribution in [-0.2, 0) is 4.79 Å². The Hall–Kier alpha value is -1.34. The molecule has 1 aromatic rings. The molecule has 0 radical (unpaired) electrons. The van der Waals surface area contributed by atoms with Gasteiger partial charge in [-0.25, -0.2) is 0 Å². The van der Waals surface area contributed by atoms with Crippen LogP contribution in [0.2, 0.25) is 0 Å². The second-order valence-electron chi connectivity index (χ2n) is 4.09. The van der Waals surface area contributed by atoms with Gasteiger partial charge in [-0.05, 0) is 18.4 Å². The molecule has 1 heterocycles. The molecule has 1 unspecified atom stereocenters. The third-order valence-corrected chi connectivity index (χ3v) is 3.91. The monoisotopic (exact) mass is 292 g/mol. The Labute approximate surface area is 109 Å². The summed E-state index contributed by atoms with van der Waals surface area (Å²) in [4.78, 5) is 13.6. The minimum absolute atomic E-state index is 0.0137. The molecule has 1 aliphatic rings. The molecule has 1 amide bonds. The van der Waals surface area contributed by atoms with Crippen molar-refractivity contribution in [3.05, 3.63) is 35.9 Å². The first-order valence-corrected chi connectivity index (χ1v) is 6.54. The molecular weight excluding hydrogens is 280 g/mol. The lowest BCUT2D eigenvalue weighted by Gasteiger charge is -2.22. The van der Waals surface area contributed by atoms with E-state index < -0.39 is 0 Å². The van der Waals surface area contributed by atoms with Crippen molar-refractivity contribution in [2.75, 3.05) is 6.54 Å². The summed E-state index contributed by atoms with van der Waals surface area (Å²) >= 11 is 3.42. The summed E-state index contributed by atoms with van der Waals surface area (Å²) in [6, 6.07) is 11.5. The predicted octanol–water partition coefficient (Wildman–Crippen LogP) is 2.64. The van der Waals surface area contributed by atoms with Gasteiger partial charge in [0.25, 0.3) is 0 Å². The summed E-state index contributed by atoms with van der Waals surface area (Å²) in [6.07, 6.45) is 1.70. The van der Waals surface area contributed by atoms with E-state index in [0.29, 0.717) is 6.54 Å². The van der Waals surface area contributed by atoms with Crippen LogP contribution in [0.15, 0.2) is 30.3 Å². The predicted molar refractivity (Wildman–Crippen MR) is 68.5 cm³/mol. The van der Waals surface area contributed by atoms with Gasteiger partial charge >= 0.3 is 0 Å². The SMILES string of the molecule is N#C[C@@H]1CCCN1C(=O)C(Br)c1ccccc1. The van der Waals surface area contributed by atoms with Crippen molar-refractivity contribution in [2.45, 2.75) is 23.7 Å². The van der Waals surface area contributed by atoms with Crippen LogP contribution < -0.4 is 0 Å². The standard InChI is InChI=1S/C13H13BrN2O/c14-12(10-5-2-1-3-6-10)13(17)16-8-4-7-11(16)9-15/h1-3,5-6,11-12H,4,7-8H2/t11-,12?/m0/s1. The van der Waals surface area contributed by atoms with E-state index in [-0.39, 0.29) is 16.8 Å². The second-order valence-corrected chi connectivity index (χ2v) is 5.01. The molecule has 3 nitrogen and oxygen atoms in total. The van der Waals surface area contributed by atoms with Crippen LogP contribution in [0.5, 0.6) is 0 Å². The number of benzene rings is 1. The fraction of sp³-hybridized carbons (Fsp3) is 0.385. The summed E-state index contributed by atoms with van der Waals surface area (Å²) in [5.41, 5.74) is 0.932. The molecule has 0 saturated carbocycles. The molecule has 0 bridgehead atoms. The van der Waals surface area contributed by atoms with Crippen molar-refractivity contribution in [3.8, 4) is 6.07 Å². The summed E-state index contributed by atoms with van der Waals surface area (Å²) in [6.45, 7) is 0.687. The number of likely N-dealkylation sites (tertiary alicyclic amines) is 1. The maximum absolute atomic E-state index is 12.2. The van der Waals surface area contributed by atoms with Gasteiger partial charge in [-0.3, -0.25) is 4.79 Å². The minimum atomic E-state index is -0.349. The normalized spacial score (nSPS) is 20.9. The molecule has 1 aromatic carbocycles. The van der Waals surface area contributed by atoms with Crippen LogP contribution in [0.4, 0.5) is 0 Å². The first kappa shape index (κ1) is 12.1. The molecule has 0 aliphatic carbocycles. The molecule has 0 spiro atoms. The average Bonchev–Trinajstić information content (AvgIpc) is 2.86. The summed E-state index contributed by atoms with van der Waals surface area (Å²) in [7, 11) is 0. The maximum atomic E-state index is 12.2. The van der Waals surface area contributed by atoms with E-state index in [1.54, 1.807) is 4.90 Å². The van der Waals surface area contributed by atoms with Crippen LogP contribution in [0.1, 0.15) is 23.2 Å². The van der Waals surface area contributed by atoms with Crippen LogP contribution in [0, 0.1) is 11.3 Å². The number of amides is 1. The molecule has 1 saturated heterocycles. The van der Waals surface area contributed by atoms with Crippen LogP contribution in [0.3, 0.4) is 0 Å². The summed E-state index contributed by atoms with van der Waals surface area (Å²) in [5.74, 6) is -0.0137. The number of carbonyl (C=O) groups is 1. The Morgan fingerprint density at radius 3 is 2.82 bits per heavy atom. The van der Waals surface area contributed by atoms with Crippen LogP contribution in [-0.4, -0.2) is 23.4 Å². The lowest BCUT2D eigenvalue weighted by Crippen LogP contribution is -2.36. The van der Waals surface area contributed by atoms with Gasteiger partial charge in [0.05, 0.1) is 6.07 Å². The lowest BCUT2D eigenvalue weighted by molar-refractivity contribution is -0.130. The average molecular weight is 293 g/mol. The highest BCUT2D eigenvalue weighted by molar-refractivity contribution is 9.09. The van der Waals surface area contributed by atoms with Gasteiger partial charge in [0.15, 0.2) is 0 Å². The van der Waals surface area contributed by atoms with Gasteiger partial charge in [0, 0.05) is 6.54 Å². The van der Waals surface area contributed by atoms with Gasteiger partial charge in [-0.1, -0.05) is 46.3 Å². The molecule has 17 heavy (non-hydrogen) atoms. The number of hydrogen-bond donors (Lipinski definition) is 0. The number of alkyl halides is 1.